The van der Waals surface area contributed by atoms with Gasteiger partial charge in [-0.2, -0.15) is 13.2 Å². The predicted molar refractivity (Wildman–Crippen MR) is 138 cm³/mol. The second-order valence-corrected chi connectivity index (χ2v) is 8.68. The van der Waals surface area contributed by atoms with Crippen molar-refractivity contribution >= 4 is 46.9 Å². The van der Waals surface area contributed by atoms with Crippen molar-refractivity contribution in [3.63, 3.8) is 0 Å². The zero-order chi connectivity index (χ0) is 30.1. The molecule has 1 heterocycles. The van der Waals surface area contributed by atoms with Gasteiger partial charge in [0.1, 0.15) is 11.3 Å². The molecule has 1 fully saturated rings. The molecule has 212 valence electrons. The number of alkyl halides is 3. The quantitative estimate of drug-likeness (QED) is 0.151. The molecule has 0 aromatic heterocycles. The van der Waals surface area contributed by atoms with E-state index in [9.17, 15) is 42.8 Å². The molecular weight excluding hydrogens is 575 g/mol. The molecule has 0 spiro atoms. The number of nitro groups is 1. The van der Waals surface area contributed by atoms with Crippen LogP contribution < -0.4 is 19.7 Å². The minimum Gasteiger partial charge on any atom is -0.508 e. The topological polar surface area (TPSA) is 148 Å². The zero-order valence-corrected chi connectivity index (χ0v) is 21.4. The lowest BCUT2D eigenvalue weighted by molar-refractivity contribution is -0.385. The Bertz CT molecular complexity index is 1610. The van der Waals surface area contributed by atoms with Gasteiger partial charge in [0, 0.05) is 6.07 Å². The molecule has 1 saturated heterocycles. The molecule has 0 atom stereocenters. The van der Waals surface area contributed by atoms with Crippen LogP contribution in [-0.4, -0.2) is 34.5 Å². The van der Waals surface area contributed by atoms with Crippen LogP contribution in [0.25, 0.3) is 6.08 Å². The second kappa shape index (κ2) is 11.2. The summed E-state index contributed by atoms with van der Waals surface area (Å²) in [6, 6.07) is 8.21. The van der Waals surface area contributed by atoms with Crippen LogP contribution in [0.2, 0.25) is 5.02 Å². The number of aromatic hydroxyl groups is 1. The number of nitro benzene ring substituents is 1. The largest absolute Gasteiger partial charge is 0.508 e. The van der Waals surface area contributed by atoms with Crippen LogP contribution in [0.15, 0.2) is 60.2 Å². The lowest BCUT2D eigenvalue weighted by Crippen LogP contribution is -2.54. The number of hydrogen-bond donors (Lipinski definition) is 2. The fourth-order valence-corrected chi connectivity index (χ4v) is 3.98. The summed E-state index contributed by atoms with van der Waals surface area (Å²) in [5.74, 6) is -3.06. The smallest absolute Gasteiger partial charge is 0.416 e. The average Bonchev–Trinajstić information content (AvgIpc) is 2.89. The van der Waals surface area contributed by atoms with Gasteiger partial charge >= 0.3 is 17.9 Å². The van der Waals surface area contributed by atoms with Crippen LogP contribution in [0, 0.1) is 10.1 Å². The Kier molecular flexibility index (Phi) is 7.87. The minimum atomic E-state index is -4.84. The van der Waals surface area contributed by atoms with Gasteiger partial charge < -0.3 is 14.6 Å². The summed E-state index contributed by atoms with van der Waals surface area (Å²) >= 11 is 6.35. The van der Waals surface area contributed by atoms with Crippen LogP contribution in [0.1, 0.15) is 18.1 Å². The number of carbonyl (C=O) groups excluding carboxylic acids is 3. The molecule has 3 aromatic carbocycles. The SMILES string of the molecule is CCOc1cc(/C=C2\C(=O)NC(=O)N(c3ccc(O)cc3)C2=O)cc(Cl)c1Oc1ccc(C(F)(F)F)cc1[N+](=O)[O-]. The number of halogens is 4. The minimum absolute atomic E-state index is 0.0321. The van der Waals surface area contributed by atoms with Gasteiger partial charge in [-0.1, -0.05) is 11.6 Å². The maximum Gasteiger partial charge on any atom is 0.416 e. The number of rotatable bonds is 7. The van der Waals surface area contributed by atoms with E-state index in [-0.39, 0.29) is 40.1 Å². The first-order chi connectivity index (χ1) is 19.3. The fraction of sp³-hybridized carbons (Fsp3) is 0.115. The van der Waals surface area contributed by atoms with Gasteiger partial charge in [-0.15, -0.1) is 0 Å². The molecule has 0 saturated carbocycles. The van der Waals surface area contributed by atoms with Crippen molar-refractivity contribution in [3.05, 3.63) is 86.4 Å². The molecule has 1 aliphatic rings. The highest BCUT2D eigenvalue weighted by Crippen LogP contribution is 2.44. The first kappa shape index (κ1) is 28.9. The molecular formula is C26H17ClF3N3O8. The summed E-state index contributed by atoms with van der Waals surface area (Å²) in [6.45, 7) is 1.62. The summed E-state index contributed by atoms with van der Waals surface area (Å²) < 4.78 is 50.3. The predicted octanol–water partition coefficient (Wildman–Crippen LogP) is 5.83. The molecule has 2 N–H and O–H groups in total. The van der Waals surface area contributed by atoms with Gasteiger partial charge in [0.25, 0.3) is 11.8 Å². The van der Waals surface area contributed by atoms with E-state index in [1.54, 1.807) is 6.92 Å². The normalized spacial score (nSPS) is 14.7. The van der Waals surface area contributed by atoms with Crippen molar-refractivity contribution < 1.29 is 47.1 Å². The number of hydrogen-bond acceptors (Lipinski definition) is 8. The van der Waals surface area contributed by atoms with Crippen LogP contribution in [0.3, 0.4) is 0 Å². The number of ether oxygens (including phenoxy) is 2. The molecule has 11 nitrogen and oxygen atoms in total. The van der Waals surface area contributed by atoms with Gasteiger partial charge in [-0.3, -0.25) is 25.0 Å². The molecule has 3 aromatic rings. The Morgan fingerprint density at radius 2 is 1.76 bits per heavy atom. The lowest BCUT2D eigenvalue weighted by Gasteiger charge is -2.26. The Balaban J connectivity index is 1.74. The summed E-state index contributed by atoms with van der Waals surface area (Å²) in [4.78, 5) is 49.1. The van der Waals surface area contributed by atoms with E-state index < -0.39 is 51.5 Å². The van der Waals surface area contributed by atoms with E-state index in [1.165, 1.54) is 36.4 Å². The van der Waals surface area contributed by atoms with E-state index in [2.05, 4.69) is 0 Å². The molecule has 0 bridgehead atoms. The Morgan fingerprint density at radius 1 is 1.07 bits per heavy atom. The number of nitrogens with one attached hydrogen (secondary N) is 1. The number of anilines is 1. The highest BCUT2D eigenvalue weighted by atomic mass is 35.5. The maximum atomic E-state index is 13.1. The fourth-order valence-electron chi connectivity index (χ4n) is 3.73. The number of urea groups is 1. The van der Waals surface area contributed by atoms with Crippen molar-refractivity contribution in [2.45, 2.75) is 13.1 Å². The summed E-state index contributed by atoms with van der Waals surface area (Å²) in [5.41, 5.74) is -2.52. The number of amides is 4. The van der Waals surface area contributed by atoms with E-state index in [0.717, 1.165) is 12.1 Å². The molecule has 15 heteroatoms. The van der Waals surface area contributed by atoms with E-state index in [0.29, 0.717) is 17.0 Å². The number of phenolic OH excluding ortho intramolecular Hbond substituents is 1. The molecule has 0 aliphatic carbocycles. The summed E-state index contributed by atoms with van der Waals surface area (Å²) in [5, 5.41) is 22.8. The average molecular weight is 592 g/mol. The van der Waals surface area contributed by atoms with Gasteiger partial charge in [0.05, 0.1) is 27.8 Å². The van der Waals surface area contributed by atoms with E-state index >= 15 is 0 Å². The number of phenols is 1. The molecule has 41 heavy (non-hydrogen) atoms. The number of barbiturate groups is 1. The van der Waals surface area contributed by atoms with Crippen molar-refractivity contribution in [2.75, 3.05) is 11.5 Å². The van der Waals surface area contributed by atoms with Crippen molar-refractivity contribution in [3.8, 4) is 23.0 Å². The Hall–Kier alpha value is -5.11. The van der Waals surface area contributed by atoms with E-state index in [4.69, 9.17) is 21.1 Å². The number of imide groups is 2. The van der Waals surface area contributed by atoms with Gasteiger partial charge in [-0.25, -0.2) is 9.69 Å². The van der Waals surface area contributed by atoms with E-state index in [1.807, 2.05) is 5.32 Å². The summed E-state index contributed by atoms with van der Waals surface area (Å²) in [7, 11) is 0. The van der Waals surface area contributed by atoms with Gasteiger partial charge in [0.2, 0.25) is 5.75 Å². The lowest BCUT2D eigenvalue weighted by atomic mass is 10.1. The van der Waals surface area contributed by atoms with Crippen molar-refractivity contribution in [2.24, 2.45) is 0 Å². The van der Waals surface area contributed by atoms with Gasteiger partial charge in [0.15, 0.2) is 11.5 Å². The number of carbonyl (C=O) groups is 3. The van der Waals surface area contributed by atoms with Gasteiger partial charge in [-0.05, 0) is 67.1 Å². The van der Waals surface area contributed by atoms with Crippen molar-refractivity contribution in [1.82, 2.24) is 5.32 Å². The molecule has 0 unspecified atom stereocenters. The Labute approximate surface area is 233 Å². The van der Waals surface area contributed by atoms with Crippen LogP contribution in [0.4, 0.5) is 29.3 Å². The molecule has 4 amide bonds. The first-order valence-corrected chi connectivity index (χ1v) is 11.9. The number of benzene rings is 3. The Morgan fingerprint density at radius 3 is 2.37 bits per heavy atom. The second-order valence-electron chi connectivity index (χ2n) is 8.28. The number of nitrogens with zero attached hydrogens (tertiary/aromatic N) is 2. The zero-order valence-electron chi connectivity index (χ0n) is 20.7. The van der Waals surface area contributed by atoms with Crippen LogP contribution in [-0.2, 0) is 15.8 Å². The molecule has 4 rings (SSSR count). The highest BCUT2D eigenvalue weighted by Gasteiger charge is 2.37. The molecule has 1 aliphatic heterocycles. The maximum absolute atomic E-state index is 13.1. The highest BCUT2D eigenvalue weighted by molar-refractivity contribution is 6.39. The summed E-state index contributed by atoms with van der Waals surface area (Å²) in [6.07, 6.45) is -3.73. The monoisotopic (exact) mass is 591 g/mol. The third kappa shape index (κ3) is 6.06. The molecule has 0 radical (unpaired) electrons. The third-order valence-corrected chi connectivity index (χ3v) is 5.83. The standard InChI is InChI=1S/C26H17ClF3N3O8/c1-2-40-21-11-13(9-17-23(35)31-25(37)32(24(17)36)15-4-6-16(34)7-5-15)10-18(27)22(21)41-20-8-3-14(26(28,29)30)12-19(20)33(38)39/h3-12,34H,2H2,1H3,(H,31,35,37)/b17-9+. The third-order valence-electron chi connectivity index (χ3n) is 5.55. The van der Waals surface area contributed by atoms with Crippen LogP contribution >= 0.6 is 11.6 Å². The van der Waals surface area contributed by atoms with Crippen LogP contribution in [0.5, 0.6) is 23.0 Å². The first-order valence-electron chi connectivity index (χ1n) is 11.5. The van der Waals surface area contributed by atoms with Crippen molar-refractivity contribution in [1.29, 1.82) is 0 Å².